The number of aliphatic hydroxyl groups is 1. The lowest BCUT2D eigenvalue weighted by molar-refractivity contribution is 0.172. The van der Waals surface area contributed by atoms with Gasteiger partial charge in [0.05, 0.1) is 20.3 Å². The lowest BCUT2D eigenvalue weighted by Crippen LogP contribution is -2.52. The number of aliphatic imine (C=N–C) groups is 1. The minimum atomic E-state index is -0.407. The summed E-state index contributed by atoms with van der Waals surface area (Å²) < 4.78 is 32.5. The summed E-state index contributed by atoms with van der Waals surface area (Å²) in [6.45, 7) is 6.80. The summed E-state index contributed by atoms with van der Waals surface area (Å²) in [6, 6.07) is 9.78. The molecule has 2 aromatic rings. The first-order valence-electron chi connectivity index (χ1n) is 10.5. The molecule has 32 heavy (non-hydrogen) atoms. The van der Waals surface area contributed by atoms with Gasteiger partial charge >= 0.3 is 0 Å². The van der Waals surface area contributed by atoms with Crippen molar-refractivity contribution in [1.82, 2.24) is 15.1 Å². The average Bonchev–Trinajstić information content (AvgIpc) is 2.78. The van der Waals surface area contributed by atoms with Gasteiger partial charge in [-0.15, -0.1) is 24.0 Å². The fraction of sp³-hybridized carbons (Fsp3) is 0.435. The molecule has 0 radical (unpaired) electrons. The zero-order valence-electron chi connectivity index (χ0n) is 18.5. The van der Waals surface area contributed by atoms with Crippen LogP contribution in [0.4, 0.5) is 8.78 Å². The number of ether oxygens (including phenoxy) is 1. The molecule has 6 nitrogen and oxygen atoms in total. The van der Waals surface area contributed by atoms with Crippen LogP contribution in [0.5, 0.6) is 5.75 Å². The Balaban J connectivity index is 0.00000363. The molecule has 176 valence electrons. The van der Waals surface area contributed by atoms with E-state index in [1.165, 1.54) is 19.2 Å². The number of methoxy groups -OCH3 is 1. The van der Waals surface area contributed by atoms with E-state index in [4.69, 9.17) is 9.73 Å². The highest BCUT2D eigenvalue weighted by molar-refractivity contribution is 14.0. The Hall–Kier alpha value is -1.98. The highest BCUT2D eigenvalue weighted by Gasteiger charge is 2.20. The molecule has 0 saturated carbocycles. The third kappa shape index (κ3) is 7.01. The Kier molecular flexibility index (Phi) is 10.6. The summed E-state index contributed by atoms with van der Waals surface area (Å²) in [5.74, 6) is 0.320. The van der Waals surface area contributed by atoms with Gasteiger partial charge in [0, 0.05) is 44.8 Å². The van der Waals surface area contributed by atoms with Crippen molar-refractivity contribution < 1.29 is 18.6 Å². The standard InChI is InChI=1S/C23H30F2N4O2.HI/c1-3-26-23(27-14-17-4-6-20(24)19(12-17)16-30)29-10-8-28(9-11-29)15-18-5-7-22(31-2)21(25)13-18;/h4-7,12-13,30H,3,8-11,14-16H2,1-2H3,(H,26,27);1H. The molecule has 0 spiro atoms. The van der Waals surface area contributed by atoms with Crippen LogP contribution in [0.3, 0.4) is 0 Å². The first-order valence-corrected chi connectivity index (χ1v) is 10.5. The van der Waals surface area contributed by atoms with Crippen molar-refractivity contribution in [1.29, 1.82) is 0 Å². The molecule has 0 atom stereocenters. The van der Waals surface area contributed by atoms with Crippen molar-refractivity contribution in [2.45, 2.75) is 26.6 Å². The van der Waals surface area contributed by atoms with E-state index in [9.17, 15) is 13.9 Å². The van der Waals surface area contributed by atoms with E-state index in [0.29, 0.717) is 13.1 Å². The van der Waals surface area contributed by atoms with Gasteiger partial charge in [0.15, 0.2) is 17.5 Å². The summed E-state index contributed by atoms with van der Waals surface area (Å²) in [7, 11) is 1.46. The lowest BCUT2D eigenvalue weighted by Gasteiger charge is -2.36. The quantitative estimate of drug-likeness (QED) is 0.309. The fourth-order valence-electron chi connectivity index (χ4n) is 3.62. The number of piperazine rings is 1. The van der Waals surface area contributed by atoms with Gasteiger partial charge in [0.1, 0.15) is 5.82 Å². The van der Waals surface area contributed by atoms with Crippen LogP contribution in [-0.2, 0) is 19.7 Å². The maximum atomic E-state index is 13.9. The van der Waals surface area contributed by atoms with Crippen molar-refractivity contribution in [3.05, 3.63) is 64.7 Å². The van der Waals surface area contributed by atoms with Gasteiger partial charge in [-0.25, -0.2) is 13.8 Å². The number of benzene rings is 2. The maximum absolute atomic E-state index is 13.9. The highest BCUT2D eigenvalue weighted by atomic mass is 127. The molecule has 0 bridgehead atoms. The minimum absolute atomic E-state index is 0. The van der Waals surface area contributed by atoms with Crippen molar-refractivity contribution in [2.75, 3.05) is 39.8 Å². The molecule has 1 fully saturated rings. The normalized spacial score (nSPS) is 14.8. The average molecular weight is 560 g/mol. The number of nitrogens with one attached hydrogen (secondary N) is 1. The Morgan fingerprint density at radius 1 is 1.06 bits per heavy atom. The molecule has 1 saturated heterocycles. The van der Waals surface area contributed by atoms with E-state index < -0.39 is 5.82 Å². The van der Waals surface area contributed by atoms with E-state index in [2.05, 4.69) is 15.1 Å². The Bertz CT molecular complexity index is 906. The molecule has 1 aliphatic rings. The van der Waals surface area contributed by atoms with E-state index in [-0.39, 0.29) is 47.7 Å². The number of nitrogens with zero attached hydrogens (tertiary/aromatic N) is 3. The van der Waals surface area contributed by atoms with Crippen LogP contribution in [0.2, 0.25) is 0 Å². The highest BCUT2D eigenvalue weighted by Crippen LogP contribution is 2.19. The zero-order chi connectivity index (χ0) is 22.2. The minimum Gasteiger partial charge on any atom is -0.494 e. The van der Waals surface area contributed by atoms with E-state index in [1.54, 1.807) is 18.2 Å². The first-order chi connectivity index (χ1) is 15.0. The zero-order valence-corrected chi connectivity index (χ0v) is 20.8. The van der Waals surface area contributed by atoms with Crippen LogP contribution in [0, 0.1) is 11.6 Å². The van der Waals surface area contributed by atoms with Crippen molar-refractivity contribution in [2.24, 2.45) is 4.99 Å². The van der Waals surface area contributed by atoms with Crippen molar-refractivity contribution in [3.63, 3.8) is 0 Å². The molecule has 9 heteroatoms. The first kappa shape index (κ1) is 26.3. The summed E-state index contributed by atoms with van der Waals surface area (Å²) in [5.41, 5.74) is 2.05. The number of halogens is 3. The maximum Gasteiger partial charge on any atom is 0.194 e. The predicted molar refractivity (Wildman–Crippen MR) is 132 cm³/mol. The number of aliphatic hydroxyl groups excluding tert-OH is 1. The SMILES string of the molecule is CCNC(=NCc1ccc(F)c(CO)c1)N1CCN(Cc2ccc(OC)c(F)c2)CC1.I. The number of hydrogen-bond donors (Lipinski definition) is 2. The largest absolute Gasteiger partial charge is 0.494 e. The summed E-state index contributed by atoms with van der Waals surface area (Å²) >= 11 is 0. The van der Waals surface area contributed by atoms with Crippen molar-refractivity contribution in [3.8, 4) is 5.75 Å². The van der Waals surface area contributed by atoms with Gasteiger partial charge in [-0.05, 0) is 42.3 Å². The monoisotopic (exact) mass is 560 g/mol. The van der Waals surface area contributed by atoms with Gasteiger partial charge in [-0.1, -0.05) is 12.1 Å². The third-order valence-corrected chi connectivity index (χ3v) is 5.32. The topological polar surface area (TPSA) is 60.3 Å². The molecule has 2 N–H and O–H groups in total. The number of guanidine groups is 1. The Morgan fingerprint density at radius 3 is 2.41 bits per heavy atom. The van der Waals surface area contributed by atoms with Gasteiger partial charge in [-0.2, -0.15) is 0 Å². The molecular weight excluding hydrogens is 529 g/mol. The second kappa shape index (κ2) is 12.9. The molecule has 1 heterocycles. The molecule has 3 rings (SSSR count). The van der Waals surface area contributed by atoms with Gasteiger partial charge in [-0.3, -0.25) is 4.90 Å². The van der Waals surface area contributed by atoms with Gasteiger partial charge < -0.3 is 20.1 Å². The van der Waals surface area contributed by atoms with Crippen LogP contribution < -0.4 is 10.1 Å². The molecule has 2 aromatic carbocycles. The second-order valence-corrected chi connectivity index (χ2v) is 7.49. The lowest BCUT2D eigenvalue weighted by atomic mass is 10.1. The van der Waals surface area contributed by atoms with Crippen molar-refractivity contribution >= 4 is 29.9 Å². The number of rotatable bonds is 7. The van der Waals surface area contributed by atoms with Crippen LogP contribution in [0.1, 0.15) is 23.6 Å². The van der Waals surface area contributed by atoms with E-state index >= 15 is 0 Å². The fourth-order valence-corrected chi connectivity index (χ4v) is 3.62. The Labute approximate surface area is 205 Å². The molecule has 0 amide bonds. The smallest absolute Gasteiger partial charge is 0.194 e. The van der Waals surface area contributed by atoms with E-state index in [0.717, 1.165) is 49.8 Å². The third-order valence-electron chi connectivity index (χ3n) is 5.32. The molecular formula is C23H31F2IN4O2. The molecule has 0 unspecified atom stereocenters. The van der Waals surface area contributed by atoms with E-state index in [1.807, 2.05) is 13.0 Å². The Morgan fingerprint density at radius 2 is 1.78 bits per heavy atom. The summed E-state index contributed by atoms with van der Waals surface area (Å²) in [5, 5.41) is 12.6. The molecule has 0 aliphatic carbocycles. The van der Waals surface area contributed by atoms with Crippen LogP contribution in [0.25, 0.3) is 0 Å². The number of hydrogen-bond acceptors (Lipinski definition) is 4. The molecule has 0 aromatic heterocycles. The summed E-state index contributed by atoms with van der Waals surface area (Å²) in [6.07, 6.45) is 0. The van der Waals surface area contributed by atoms with Crippen LogP contribution >= 0.6 is 24.0 Å². The van der Waals surface area contributed by atoms with Crippen LogP contribution in [-0.4, -0.2) is 60.7 Å². The van der Waals surface area contributed by atoms with Gasteiger partial charge in [0.25, 0.3) is 0 Å². The summed E-state index contributed by atoms with van der Waals surface area (Å²) in [4.78, 5) is 9.18. The predicted octanol–water partition coefficient (Wildman–Crippen LogP) is 3.37. The molecule has 1 aliphatic heterocycles. The second-order valence-electron chi connectivity index (χ2n) is 7.49. The van der Waals surface area contributed by atoms with Gasteiger partial charge in [0.2, 0.25) is 0 Å². The van der Waals surface area contributed by atoms with Crippen LogP contribution in [0.15, 0.2) is 41.4 Å².